The number of hydrogen-bond acceptors (Lipinski definition) is 4. The van der Waals surface area contributed by atoms with Gasteiger partial charge in [0.1, 0.15) is 0 Å². The Morgan fingerprint density at radius 3 is 2.76 bits per heavy atom. The van der Waals surface area contributed by atoms with Crippen molar-refractivity contribution >= 4 is 32.6 Å². The summed E-state index contributed by atoms with van der Waals surface area (Å²) in [6.07, 6.45) is 1.59. The second-order valence-corrected chi connectivity index (χ2v) is 5.70. The van der Waals surface area contributed by atoms with Crippen molar-refractivity contribution in [3.8, 4) is 0 Å². The molecular formula is C15H13N3O2S. The number of aryl methyl sites for hydroxylation is 1. The van der Waals surface area contributed by atoms with Crippen molar-refractivity contribution in [2.24, 2.45) is 7.05 Å². The molecule has 0 unspecified atom stereocenters. The molecule has 0 aliphatic rings. The van der Waals surface area contributed by atoms with Gasteiger partial charge in [-0.25, -0.2) is 4.98 Å². The number of rotatable bonds is 2. The molecule has 3 rings (SSSR count). The average Bonchev–Trinajstić information content (AvgIpc) is 2.92. The number of amides is 1. The lowest BCUT2D eigenvalue weighted by molar-refractivity contribution is 0.0992. The summed E-state index contributed by atoms with van der Waals surface area (Å²) in [5.41, 5.74) is 1.01. The number of carbonyl (C=O) groups is 1. The van der Waals surface area contributed by atoms with E-state index in [9.17, 15) is 9.59 Å². The number of benzene rings is 1. The van der Waals surface area contributed by atoms with Crippen molar-refractivity contribution in [2.45, 2.75) is 0 Å². The minimum Gasteiger partial charge on any atom is -0.319 e. The molecule has 3 aromatic rings. The van der Waals surface area contributed by atoms with Crippen molar-refractivity contribution in [1.82, 2.24) is 9.55 Å². The molecule has 2 heterocycles. The average molecular weight is 299 g/mol. The molecule has 0 saturated carbocycles. The predicted molar refractivity (Wildman–Crippen MR) is 84.0 cm³/mol. The molecule has 0 bridgehead atoms. The summed E-state index contributed by atoms with van der Waals surface area (Å²) in [6, 6.07) is 10.7. The highest BCUT2D eigenvalue weighted by molar-refractivity contribution is 7.22. The fraction of sp³-hybridized carbons (Fsp3) is 0.133. The van der Waals surface area contributed by atoms with Crippen LogP contribution in [0.25, 0.3) is 10.2 Å². The molecule has 2 aromatic heterocycles. The van der Waals surface area contributed by atoms with Crippen LogP contribution in [-0.2, 0) is 7.05 Å². The maximum absolute atomic E-state index is 12.4. The summed E-state index contributed by atoms with van der Waals surface area (Å²) < 4.78 is 2.45. The minimum atomic E-state index is -0.244. The number of aromatic nitrogens is 2. The molecule has 0 aliphatic heterocycles. The van der Waals surface area contributed by atoms with Crippen molar-refractivity contribution < 1.29 is 4.79 Å². The fourth-order valence-electron chi connectivity index (χ4n) is 1.97. The monoisotopic (exact) mass is 299 g/mol. The van der Waals surface area contributed by atoms with E-state index >= 15 is 0 Å². The van der Waals surface area contributed by atoms with E-state index in [2.05, 4.69) is 4.98 Å². The molecule has 0 N–H and O–H groups in total. The van der Waals surface area contributed by atoms with Gasteiger partial charge in [-0.3, -0.25) is 14.5 Å². The first-order chi connectivity index (χ1) is 10.1. The molecule has 0 radical (unpaired) electrons. The Kier molecular flexibility index (Phi) is 3.31. The lowest BCUT2D eigenvalue weighted by Crippen LogP contribution is -2.28. The lowest BCUT2D eigenvalue weighted by Gasteiger charge is -2.13. The van der Waals surface area contributed by atoms with Crippen molar-refractivity contribution in [2.75, 3.05) is 11.9 Å². The predicted octanol–water partition coefficient (Wildman–Crippen LogP) is 2.27. The summed E-state index contributed by atoms with van der Waals surface area (Å²) in [4.78, 5) is 30.0. The first-order valence-electron chi connectivity index (χ1n) is 6.36. The van der Waals surface area contributed by atoms with E-state index in [1.54, 1.807) is 26.4 Å². The topological polar surface area (TPSA) is 55.2 Å². The normalized spacial score (nSPS) is 10.8. The summed E-state index contributed by atoms with van der Waals surface area (Å²) in [5.74, 6) is -0.244. The van der Waals surface area contributed by atoms with Crippen LogP contribution >= 0.6 is 11.3 Å². The van der Waals surface area contributed by atoms with Gasteiger partial charge in [0, 0.05) is 31.9 Å². The van der Waals surface area contributed by atoms with Crippen LogP contribution in [0.4, 0.5) is 5.13 Å². The Morgan fingerprint density at radius 2 is 2.05 bits per heavy atom. The minimum absolute atomic E-state index is 0.210. The molecule has 6 heteroatoms. The van der Waals surface area contributed by atoms with Gasteiger partial charge in [-0.05, 0) is 18.2 Å². The van der Waals surface area contributed by atoms with E-state index in [1.807, 2.05) is 24.3 Å². The maximum Gasteiger partial charge on any atom is 0.260 e. The number of anilines is 1. The Morgan fingerprint density at radius 1 is 1.29 bits per heavy atom. The molecule has 0 saturated heterocycles. The fourth-order valence-corrected chi connectivity index (χ4v) is 2.89. The lowest BCUT2D eigenvalue weighted by atomic mass is 10.2. The van der Waals surface area contributed by atoms with E-state index in [0.29, 0.717) is 10.7 Å². The van der Waals surface area contributed by atoms with Gasteiger partial charge in [-0.1, -0.05) is 23.5 Å². The van der Waals surface area contributed by atoms with E-state index in [-0.39, 0.29) is 11.5 Å². The largest absolute Gasteiger partial charge is 0.319 e. The summed E-state index contributed by atoms with van der Waals surface area (Å²) in [5, 5.41) is 0.613. The van der Waals surface area contributed by atoms with E-state index in [4.69, 9.17) is 0 Å². The van der Waals surface area contributed by atoms with Gasteiger partial charge in [0.25, 0.3) is 11.5 Å². The molecule has 0 fully saturated rings. The van der Waals surface area contributed by atoms with Crippen LogP contribution in [0.1, 0.15) is 10.4 Å². The van der Waals surface area contributed by atoms with Crippen LogP contribution in [0.3, 0.4) is 0 Å². The zero-order chi connectivity index (χ0) is 15.0. The number of thiazole rings is 1. The molecule has 106 valence electrons. The van der Waals surface area contributed by atoms with Crippen LogP contribution in [0.15, 0.2) is 47.4 Å². The van der Waals surface area contributed by atoms with Gasteiger partial charge < -0.3 is 4.57 Å². The molecule has 21 heavy (non-hydrogen) atoms. The van der Waals surface area contributed by atoms with Crippen molar-refractivity contribution in [3.05, 3.63) is 58.5 Å². The molecule has 5 nitrogen and oxygen atoms in total. The van der Waals surface area contributed by atoms with E-state index < -0.39 is 0 Å². The van der Waals surface area contributed by atoms with E-state index in [0.717, 1.165) is 10.2 Å². The number of nitrogens with zero attached hydrogens (tertiary/aromatic N) is 3. The second kappa shape index (κ2) is 5.14. The summed E-state index contributed by atoms with van der Waals surface area (Å²) in [6.45, 7) is 0. The van der Waals surface area contributed by atoms with Crippen LogP contribution < -0.4 is 10.5 Å². The molecule has 0 aliphatic carbocycles. The summed E-state index contributed by atoms with van der Waals surface area (Å²) in [7, 11) is 3.31. The highest BCUT2D eigenvalue weighted by Crippen LogP contribution is 2.28. The third-order valence-electron chi connectivity index (χ3n) is 3.23. The van der Waals surface area contributed by atoms with Gasteiger partial charge in [0.15, 0.2) is 5.13 Å². The highest BCUT2D eigenvalue weighted by Gasteiger charge is 2.17. The number of para-hydroxylation sites is 1. The van der Waals surface area contributed by atoms with Gasteiger partial charge in [0.2, 0.25) is 0 Å². The Labute approximate surface area is 125 Å². The van der Waals surface area contributed by atoms with Crippen LogP contribution in [-0.4, -0.2) is 22.5 Å². The first-order valence-corrected chi connectivity index (χ1v) is 7.18. The second-order valence-electron chi connectivity index (χ2n) is 4.69. The number of fused-ring (bicyclic) bond motifs is 1. The third kappa shape index (κ3) is 2.45. The third-order valence-corrected chi connectivity index (χ3v) is 4.34. The zero-order valence-corrected chi connectivity index (χ0v) is 12.4. The molecular weight excluding hydrogens is 286 g/mol. The standard InChI is InChI=1S/C15H13N3O2S/c1-17-8-7-10(9-13(17)19)14(20)18(2)15-16-11-5-3-4-6-12(11)21-15/h3-9H,1-2H3. The smallest absolute Gasteiger partial charge is 0.260 e. The maximum atomic E-state index is 12.4. The zero-order valence-electron chi connectivity index (χ0n) is 11.6. The molecule has 0 spiro atoms. The molecule has 1 aromatic carbocycles. The van der Waals surface area contributed by atoms with Crippen molar-refractivity contribution in [1.29, 1.82) is 0 Å². The first kappa shape index (κ1) is 13.5. The van der Waals surface area contributed by atoms with Gasteiger partial charge in [0.05, 0.1) is 10.2 Å². The van der Waals surface area contributed by atoms with Crippen LogP contribution in [0, 0.1) is 0 Å². The van der Waals surface area contributed by atoms with Gasteiger partial charge >= 0.3 is 0 Å². The molecule has 1 amide bonds. The molecule has 0 atom stereocenters. The number of hydrogen-bond donors (Lipinski definition) is 0. The van der Waals surface area contributed by atoms with Gasteiger partial charge in [-0.15, -0.1) is 0 Å². The SMILES string of the molecule is CN(C(=O)c1ccn(C)c(=O)c1)c1nc2ccccc2s1. The Bertz CT molecular complexity index is 849. The summed E-state index contributed by atoms with van der Waals surface area (Å²) >= 11 is 1.45. The Hall–Kier alpha value is -2.47. The highest BCUT2D eigenvalue weighted by atomic mass is 32.1. The van der Waals surface area contributed by atoms with Crippen LogP contribution in [0.5, 0.6) is 0 Å². The Balaban J connectivity index is 1.96. The number of carbonyl (C=O) groups excluding carboxylic acids is 1. The quantitative estimate of drug-likeness (QED) is 0.729. The van der Waals surface area contributed by atoms with Crippen molar-refractivity contribution in [3.63, 3.8) is 0 Å². The number of pyridine rings is 1. The van der Waals surface area contributed by atoms with Crippen LogP contribution in [0.2, 0.25) is 0 Å². The van der Waals surface area contributed by atoms with Gasteiger partial charge in [-0.2, -0.15) is 0 Å². The van der Waals surface area contributed by atoms with E-state index in [1.165, 1.54) is 26.9 Å².